The van der Waals surface area contributed by atoms with Gasteiger partial charge in [-0.15, -0.1) is 0 Å². The Labute approximate surface area is 213 Å². The number of hydrogen-bond donors (Lipinski definition) is 2. The fourth-order valence-corrected chi connectivity index (χ4v) is 6.29. The number of rotatable bonds is 7. The largest absolute Gasteiger partial charge is 0.378 e. The number of nitrogens with one attached hydrogen (secondary N) is 2. The minimum absolute atomic E-state index is 0.0190. The summed E-state index contributed by atoms with van der Waals surface area (Å²) in [6, 6.07) is 20.5. The maximum atomic E-state index is 13.2. The zero-order valence-corrected chi connectivity index (χ0v) is 21.6. The summed E-state index contributed by atoms with van der Waals surface area (Å²) in [6.07, 6.45) is 1.51. The molecule has 2 heterocycles. The van der Waals surface area contributed by atoms with Gasteiger partial charge < -0.3 is 10.1 Å². The standard InChI is InChI=1S/C29H32N2O4S/c1-4-19-6-5-7-22(16-19)31-36(33,34)23-12-13-26-25(17-23)29-24(14-15-35-29)27(30-26)20-8-10-21(11-9-20)28(32)18(2)3/h5-13,16-18,24,27,29-31H,4,14-15H2,1-3H3. The van der Waals surface area contributed by atoms with Crippen molar-refractivity contribution in [1.29, 1.82) is 0 Å². The van der Waals surface area contributed by atoms with Crippen LogP contribution in [0, 0.1) is 11.8 Å². The van der Waals surface area contributed by atoms with Gasteiger partial charge in [0.1, 0.15) is 0 Å². The van der Waals surface area contributed by atoms with Crippen molar-refractivity contribution in [3.63, 3.8) is 0 Å². The monoisotopic (exact) mass is 504 g/mol. The van der Waals surface area contributed by atoms with Crippen LogP contribution in [0.5, 0.6) is 0 Å². The van der Waals surface area contributed by atoms with Crippen molar-refractivity contribution in [2.24, 2.45) is 11.8 Å². The number of sulfonamides is 1. The van der Waals surface area contributed by atoms with E-state index in [0.29, 0.717) is 12.3 Å². The molecule has 3 atom stereocenters. The molecule has 3 unspecified atom stereocenters. The minimum Gasteiger partial charge on any atom is -0.378 e. The van der Waals surface area contributed by atoms with Crippen LogP contribution in [-0.4, -0.2) is 20.8 Å². The Kier molecular flexibility index (Phi) is 6.62. The van der Waals surface area contributed by atoms with E-state index in [0.717, 1.165) is 40.8 Å². The van der Waals surface area contributed by atoms with Gasteiger partial charge in [-0.1, -0.05) is 57.2 Å². The molecule has 188 valence electrons. The van der Waals surface area contributed by atoms with Crippen molar-refractivity contribution in [1.82, 2.24) is 0 Å². The third kappa shape index (κ3) is 4.65. The quantitative estimate of drug-likeness (QED) is 0.378. The molecule has 1 saturated heterocycles. The number of anilines is 2. The SMILES string of the molecule is CCc1cccc(NS(=O)(=O)c2ccc3c(c2)C2OCCC2C(c2ccc(C(=O)C(C)C)cc2)N3)c1. The number of benzene rings is 3. The number of Topliss-reactive ketones (excluding diaryl/α,β-unsaturated/α-hetero) is 1. The molecular weight excluding hydrogens is 472 g/mol. The number of carbonyl (C=O) groups is 1. The van der Waals surface area contributed by atoms with Crippen molar-refractivity contribution in [3.8, 4) is 0 Å². The van der Waals surface area contributed by atoms with Gasteiger partial charge in [-0.2, -0.15) is 0 Å². The molecule has 0 aliphatic carbocycles. The molecule has 0 amide bonds. The van der Waals surface area contributed by atoms with Crippen molar-refractivity contribution in [3.05, 3.63) is 89.0 Å². The highest BCUT2D eigenvalue weighted by molar-refractivity contribution is 7.92. The Morgan fingerprint density at radius 1 is 1.08 bits per heavy atom. The van der Waals surface area contributed by atoms with E-state index >= 15 is 0 Å². The maximum Gasteiger partial charge on any atom is 0.261 e. The zero-order valence-electron chi connectivity index (χ0n) is 20.8. The second-order valence-electron chi connectivity index (χ2n) is 9.92. The van der Waals surface area contributed by atoms with E-state index in [1.165, 1.54) is 0 Å². The molecule has 3 aromatic rings. The molecule has 3 aromatic carbocycles. The molecule has 0 saturated carbocycles. The molecule has 2 aliphatic heterocycles. The average Bonchev–Trinajstić information content (AvgIpc) is 3.38. The first-order valence-corrected chi connectivity index (χ1v) is 14.0. The molecule has 7 heteroatoms. The summed E-state index contributed by atoms with van der Waals surface area (Å²) in [5.41, 5.74) is 5.17. The fourth-order valence-electron chi connectivity index (χ4n) is 5.20. The Hall–Kier alpha value is -3.16. The summed E-state index contributed by atoms with van der Waals surface area (Å²) in [5.74, 6) is 0.254. The Bertz CT molecular complexity index is 1380. The average molecular weight is 505 g/mol. The predicted octanol–water partition coefficient (Wildman–Crippen LogP) is 6.13. The second kappa shape index (κ2) is 9.71. The van der Waals surface area contributed by atoms with E-state index in [1.54, 1.807) is 18.2 Å². The summed E-state index contributed by atoms with van der Waals surface area (Å²) < 4.78 is 35.3. The molecule has 6 nitrogen and oxygen atoms in total. The van der Waals surface area contributed by atoms with Gasteiger partial charge >= 0.3 is 0 Å². The highest BCUT2D eigenvalue weighted by Gasteiger charge is 2.42. The van der Waals surface area contributed by atoms with Gasteiger partial charge in [0.25, 0.3) is 10.0 Å². The van der Waals surface area contributed by atoms with Gasteiger partial charge in [0.15, 0.2) is 5.78 Å². The molecule has 2 N–H and O–H groups in total. The van der Waals surface area contributed by atoms with E-state index in [-0.39, 0.29) is 34.7 Å². The van der Waals surface area contributed by atoms with Gasteiger partial charge in [-0.25, -0.2) is 8.42 Å². The summed E-state index contributed by atoms with van der Waals surface area (Å²) in [7, 11) is -3.75. The fraction of sp³-hybridized carbons (Fsp3) is 0.345. The van der Waals surface area contributed by atoms with E-state index in [9.17, 15) is 13.2 Å². The highest BCUT2D eigenvalue weighted by Crippen LogP contribution is 2.50. The van der Waals surface area contributed by atoms with Crippen molar-refractivity contribution in [2.45, 2.75) is 50.7 Å². The molecule has 0 spiro atoms. The van der Waals surface area contributed by atoms with Crippen LogP contribution in [0.2, 0.25) is 0 Å². The molecule has 0 aromatic heterocycles. The zero-order chi connectivity index (χ0) is 25.4. The number of carbonyl (C=O) groups excluding carboxylic acids is 1. The van der Waals surface area contributed by atoms with Gasteiger partial charge in [0, 0.05) is 40.9 Å². The molecule has 1 fully saturated rings. The Balaban J connectivity index is 1.43. The smallest absolute Gasteiger partial charge is 0.261 e. The van der Waals surface area contributed by atoms with Gasteiger partial charge in [0.2, 0.25) is 0 Å². The van der Waals surface area contributed by atoms with E-state index in [4.69, 9.17) is 4.74 Å². The number of hydrogen-bond acceptors (Lipinski definition) is 5. The molecule has 2 aliphatic rings. The van der Waals surface area contributed by atoms with Gasteiger partial charge in [0.05, 0.1) is 17.0 Å². The molecule has 36 heavy (non-hydrogen) atoms. The van der Waals surface area contributed by atoms with Gasteiger partial charge in [-0.3, -0.25) is 9.52 Å². The Morgan fingerprint density at radius 3 is 2.58 bits per heavy atom. The first-order valence-electron chi connectivity index (χ1n) is 12.5. The number of fused-ring (bicyclic) bond motifs is 3. The van der Waals surface area contributed by atoms with Crippen molar-refractivity contribution in [2.75, 3.05) is 16.6 Å². The van der Waals surface area contributed by atoms with Crippen LogP contribution in [0.25, 0.3) is 0 Å². The molecule has 0 bridgehead atoms. The molecular formula is C29H32N2O4S. The van der Waals surface area contributed by atoms with Crippen molar-refractivity contribution >= 4 is 27.2 Å². The van der Waals surface area contributed by atoms with Crippen LogP contribution < -0.4 is 10.0 Å². The summed E-state index contributed by atoms with van der Waals surface area (Å²) in [4.78, 5) is 12.6. The number of ketones is 1. The van der Waals surface area contributed by atoms with Crippen molar-refractivity contribution < 1.29 is 17.9 Å². The topological polar surface area (TPSA) is 84.5 Å². The minimum atomic E-state index is -3.75. The van der Waals surface area contributed by atoms with Crippen LogP contribution in [0.15, 0.2) is 71.6 Å². The van der Waals surface area contributed by atoms with E-state index in [1.807, 2.05) is 69.3 Å². The first-order chi connectivity index (χ1) is 17.3. The lowest BCUT2D eigenvalue weighted by molar-refractivity contribution is 0.0827. The lowest BCUT2D eigenvalue weighted by Crippen LogP contribution is -2.29. The van der Waals surface area contributed by atoms with E-state index < -0.39 is 10.0 Å². The molecule has 5 rings (SSSR count). The lowest BCUT2D eigenvalue weighted by atomic mass is 9.81. The van der Waals surface area contributed by atoms with Crippen LogP contribution in [0.1, 0.15) is 66.4 Å². The van der Waals surface area contributed by atoms with Crippen LogP contribution >= 0.6 is 0 Å². The van der Waals surface area contributed by atoms with Crippen LogP contribution in [0.4, 0.5) is 11.4 Å². The normalized spacial score (nSPS) is 20.9. The van der Waals surface area contributed by atoms with Crippen LogP contribution in [-0.2, 0) is 21.2 Å². The van der Waals surface area contributed by atoms with E-state index in [2.05, 4.69) is 10.0 Å². The Morgan fingerprint density at radius 2 is 1.86 bits per heavy atom. The maximum absolute atomic E-state index is 13.2. The highest BCUT2D eigenvalue weighted by atomic mass is 32.2. The first kappa shape index (κ1) is 24.5. The van der Waals surface area contributed by atoms with Crippen LogP contribution in [0.3, 0.4) is 0 Å². The third-order valence-electron chi connectivity index (χ3n) is 7.18. The predicted molar refractivity (Wildman–Crippen MR) is 142 cm³/mol. The number of aryl methyl sites for hydroxylation is 1. The summed E-state index contributed by atoms with van der Waals surface area (Å²) in [5, 5.41) is 3.62. The number of ether oxygens (including phenoxy) is 1. The second-order valence-corrected chi connectivity index (χ2v) is 11.6. The summed E-state index contributed by atoms with van der Waals surface area (Å²) >= 11 is 0. The molecule has 0 radical (unpaired) electrons. The van der Waals surface area contributed by atoms with Gasteiger partial charge in [-0.05, 0) is 54.3 Å². The third-order valence-corrected chi connectivity index (χ3v) is 8.56. The lowest BCUT2D eigenvalue weighted by Gasteiger charge is -2.36. The summed E-state index contributed by atoms with van der Waals surface area (Å²) in [6.45, 7) is 6.47.